The monoisotopic (exact) mass is 277 g/mol. The number of carbonyl (C=O) groups is 1. The zero-order valence-corrected chi connectivity index (χ0v) is 12.5. The van der Waals surface area contributed by atoms with E-state index in [0.717, 1.165) is 24.5 Å². The van der Waals surface area contributed by atoms with Crippen LogP contribution in [0.25, 0.3) is 0 Å². The Morgan fingerprint density at radius 3 is 3.05 bits per heavy atom. The lowest BCUT2D eigenvalue weighted by atomic mass is 10.1. The Morgan fingerprint density at radius 1 is 1.55 bits per heavy atom. The number of pyridine rings is 1. The Labute approximate surface area is 120 Å². The van der Waals surface area contributed by atoms with Crippen molar-refractivity contribution in [2.75, 3.05) is 31.6 Å². The van der Waals surface area contributed by atoms with E-state index in [-0.39, 0.29) is 12.0 Å². The maximum absolute atomic E-state index is 12.5. The molecule has 2 rings (SSSR count). The van der Waals surface area contributed by atoms with Crippen molar-refractivity contribution in [2.45, 2.75) is 33.3 Å². The van der Waals surface area contributed by atoms with Crippen LogP contribution in [0.5, 0.6) is 0 Å². The highest BCUT2D eigenvalue weighted by Gasteiger charge is 2.23. The van der Waals surface area contributed by atoms with Crippen LogP contribution in [-0.4, -0.2) is 48.1 Å². The van der Waals surface area contributed by atoms with Crippen LogP contribution in [0, 0.1) is 6.92 Å². The first-order valence-corrected chi connectivity index (χ1v) is 7.23. The van der Waals surface area contributed by atoms with Gasteiger partial charge in [0.15, 0.2) is 0 Å². The molecule has 0 spiro atoms. The molecule has 1 saturated heterocycles. The minimum atomic E-state index is 0.0604. The number of amides is 1. The van der Waals surface area contributed by atoms with Crippen LogP contribution < -0.4 is 5.32 Å². The Kier molecular flexibility index (Phi) is 4.95. The SMILES string of the molecule is CCCNc1cc(C(=O)N2CCOC(C)C2)cc(C)n1. The molecule has 1 atom stereocenters. The highest BCUT2D eigenvalue weighted by molar-refractivity contribution is 5.95. The normalized spacial score (nSPS) is 18.9. The number of morpholine rings is 1. The van der Waals surface area contributed by atoms with E-state index in [4.69, 9.17) is 4.74 Å². The summed E-state index contributed by atoms with van der Waals surface area (Å²) in [5.41, 5.74) is 1.56. The van der Waals surface area contributed by atoms with Crippen molar-refractivity contribution in [1.29, 1.82) is 0 Å². The number of hydrogen-bond donors (Lipinski definition) is 1. The lowest BCUT2D eigenvalue weighted by Gasteiger charge is -2.31. The molecule has 0 saturated carbocycles. The summed E-state index contributed by atoms with van der Waals surface area (Å²) in [5.74, 6) is 0.835. The summed E-state index contributed by atoms with van der Waals surface area (Å²) in [7, 11) is 0. The van der Waals surface area contributed by atoms with Gasteiger partial charge < -0.3 is 15.0 Å². The molecule has 20 heavy (non-hydrogen) atoms. The van der Waals surface area contributed by atoms with Gasteiger partial charge in [0.05, 0.1) is 12.7 Å². The summed E-state index contributed by atoms with van der Waals surface area (Å²) in [5, 5.41) is 3.24. The number of nitrogens with zero attached hydrogens (tertiary/aromatic N) is 2. The fraction of sp³-hybridized carbons (Fsp3) is 0.600. The third kappa shape index (κ3) is 3.70. The van der Waals surface area contributed by atoms with Crippen molar-refractivity contribution < 1.29 is 9.53 Å². The summed E-state index contributed by atoms with van der Waals surface area (Å²) >= 11 is 0. The van der Waals surface area contributed by atoms with E-state index in [1.54, 1.807) is 0 Å². The van der Waals surface area contributed by atoms with E-state index in [0.29, 0.717) is 25.3 Å². The summed E-state index contributed by atoms with van der Waals surface area (Å²) in [6.45, 7) is 8.78. The van der Waals surface area contributed by atoms with Gasteiger partial charge in [0.1, 0.15) is 5.82 Å². The quantitative estimate of drug-likeness (QED) is 0.915. The molecule has 110 valence electrons. The Balaban J connectivity index is 2.14. The van der Waals surface area contributed by atoms with Crippen LogP contribution >= 0.6 is 0 Å². The third-order valence-corrected chi connectivity index (χ3v) is 3.28. The molecule has 1 aliphatic rings. The first-order valence-electron chi connectivity index (χ1n) is 7.23. The van der Waals surface area contributed by atoms with Crippen molar-refractivity contribution in [3.63, 3.8) is 0 Å². The molecule has 0 aliphatic carbocycles. The molecular formula is C15H23N3O2. The standard InChI is InChI=1S/C15H23N3O2/c1-4-5-16-14-9-13(8-11(2)17-14)15(19)18-6-7-20-12(3)10-18/h8-9,12H,4-7,10H2,1-3H3,(H,16,17). The molecular weight excluding hydrogens is 254 g/mol. The zero-order valence-electron chi connectivity index (χ0n) is 12.5. The van der Waals surface area contributed by atoms with Gasteiger partial charge in [-0.15, -0.1) is 0 Å². The molecule has 0 radical (unpaired) electrons. The molecule has 0 bridgehead atoms. The molecule has 1 fully saturated rings. The Hall–Kier alpha value is -1.62. The van der Waals surface area contributed by atoms with Crippen molar-refractivity contribution >= 4 is 11.7 Å². The predicted octanol–water partition coefficient (Wildman–Crippen LogP) is 2.07. The van der Waals surface area contributed by atoms with Crippen molar-refractivity contribution in [1.82, 2.24) is 9.88 Å². The van der Waals surface area contributed by atoms with E-state index in [9.17, 15) is 4.79 Å². The van der Waals surface area contributed by atoms with Gasteiger partial charge in [-0.05, 0) is 32.4 Å². The number of anilines is 1. The molecule has 1 unspecified atom stereocenters. The van der Waals surface area contributed by atoms with Crippen LogP contribution in [0.3, 0.4) is 0 Å². The van der Waals surface area contributed by atoms with Crippen LogP contribution in [0.15, 0.2) is 12.1 Å². The van der Waals surface area contributed by atoms with E-state index >= 15 is 0 Å². The second-order valence-corrected chi connectivity index (χ2v) is 5.24. The number of aryl methyl sites for hydroxylation is 1. The summed E-state index contributed by atoms with van der Waals surface area (Å²) in [4.78, 5) is 18.8. The van der Waals surface area contributed by atoms with Gasteiger partial charge in [0.25, 0.3) is 5.91 Å². The number of hydrogen-bond acceptors (Lipinski definition) is 4. The maximum atomic E-state index is 12.5. The highest BCUT2D eigenvalue weighted by atomic mass is 16.5. The van der Waals surface area contributed by atoms with E-state index in [1.807, 2.05) is 30.9 Å². The van der Waals surface area contributed by atoms with Crippen LogP contribution in [0.2, 0.25) is 0 Å². The first-order chi connectivity index (χ1) is 9.60. The smallest absolute Gasteiger partial charge is 0.254 e. The average Bonchev–Trinajstić information content (AvgIpc) is 2.43. The van der Waals surface area contributed by atoms with Crippen molar-refractivity contribution in [2.24, 2.45) is 0 Å². The number of carbonyl (C=O) groups excluding carboxylic acids is 1. The maximum Gasteiger partial charge on any atom is 0.254 e. The third-order valence-electron chi connectivity index (χ3n) is 3.28. The zero-order chi connectivity index (χ0) is 14.5. The van der Waals surface area contributed by atoms with Gasteiger partial charge in [-0.3, -0.25) is 4.79 Å². The molecule has 0 aromatic carbocycles. The topological polar surface area (TPSA) is 54.5 Å². The molecule has 2 heterocycles. The second kappa shape index (κ2) is 6.70. The fourth-order valence-electron chi connectivity index (χ4n) is 2.32. The van der Waals surface area contributed by atoms with Crippen LogP contribution in [0.4, 0.5) is 5.82 Å². The second-order valence-electron chi connectivity index (χ2n) is 5.24. The summed E-state index contributed by atoms with van der Waals surface area (Å²) in [6.07, 6.45) is 1.13. The van der Waals surface area contributed by atoms with Gasteiger partial charge >= 0.3 is 0 Å². The molecule has 5 nitrogen and oxygen atoms in total. The van der Waals surface area contributed by atoms with E-state index in [1.165, 1.54) is 0 Å². The van der Waals surface area contributed by atoms with Crippen molar-refractivity contribution in [3.8, 4) is 0 Å². The van der Waals surface area contributed by atoms with Gasteiger partial charge in [-0.1, -0.05) is 6.92 Å². The van der Waals surface area contributed by atoms with Gasteiger partial charge in [0.2, 0.25) is 0 Å². The predicted molar refractivity (Wildman–Crippen MR) is 79.1 cm³/mol. The molecule has 5 heteroatoms. The molecule has 1 aromatic rings. The number of ether oxygens (including phenoxy) is 1. The number of aromatic nitrogens is 1. The van der Waals surface area contributed by atoms with E-state index < -0.39 is 0 Å². The van der Waals surface area contributed by atoms with E-state index in [2.05, 4.69) is 17.2 Å². The van der Waals surface area contributed by atoms with Crippen molar-refractivity contribution in [3.05, 3.63) is 23.4 Å². The first kappa shape index (κ1) is 14.8. The summed E-state index contributed by atoms with van der Waals surface area (Å²) < 4.78 is 5.48. The van der Waals surface area contributed by atoms with Gasteiger partial charge in [0, 0.05) is 30.9 Å². The van der Waals surface area contributed by atoms with Gasteiger partial charge in [-0.2, -0.15) is 0 Å². The lowest BCUT2D eigenvalue weighted by Crippen LogP contribution is -2.44. The fourth-order valence-corrected chi connectivity index (χ4v) is 2.32. The molecule has 1 N–H and O–H groups in total. The van der Waals surface area contributed by atoms with Crippen LogP contribution in [0.1, 0.15) is 36.3 Å². The molecule has 1 aromatic heterocycles. The average molecular weight is 277 g/mol. The molecule has 1 aliphatic heterocycles. The number of rotatable bonds is 4. The Bertz CT molecular complexity index is 476. The van der Waals surface area contributed by atoms with Gasteiger partial charge in [-0.25, -0.2) is 4.98 Å². The summed E-state index contributed by atoms with van der Waals surface area (Å²) in [6, 6.07) is 3.69. The largest absolute Gasteiger partial charge is 0.375 e. The van der Waals surface area contributed by atoms with Crippen LogP contribution in [-0.2, 0) is 4.74 Å². The highest BCUT2D eigenvalue weighted by Crippen LogP contribution is 2.15. The minimum Gasteiger partial charge on any atom is -0.375 e. The molecule has 1 amide bonds. The Morgan fingerprint density at radius 2 is 2.35 bits per heavy atom. The number of nitrogens with one attached hydrogen (secondary N) is 1. The lowest BCUT2D eigenvalue weighted by molar-refractivity contribution is -0.0124. The minimum absolute atomic E-state index is 0.0604.